The van der Waals surface area contributed by atoms with Crippen molar-refractivity contribution in [1.29, 1.82) is 0 Å². The first-order chi connectivity index (χ1) is 17.2. The number of rotatable bonds is 9. The number of carboxylic acid groups (broad SMARTS) is 1. The van der Waals surface area contributed by atoms with Crippen LogP contribution in [0.25, 0.3) is 33.8 Å². The van der Waals surface area contributed by atoms with Crippen molar-refractivity contribution in [3.8, 4) is 22.8 Å². The van der Waals surface area contributed by atoms with Crippen LogP contribution in [0.5, 0.6) is 0 Å². The van der Waals surface area contributed by atoms with Crippen LogP contribution in [-0.4, -0.2) is 59.2 Å². The highest BCUT2D eigenvalue weighted by Crippen LogP contribution is 2.47. The predicted molar refractivity (Wildman–Crippen MR) is 130 cm³/mol. The van der Waals surface area contributed by atoms with Crippen LogP contribution in [-0.2, 0) is 21.5 Å². The molecular weight excluding hydrogens is 464 g/mol. The lowest BCUT2D eigenvalue weighted by Gasteiger charge is -2.19. The number of nitrogens with zero attached hydrogens (tertiary/aromatic N) is 7. The number of fused-ring (bicyclic) bond motifs is 1. The number of aromatic nitrogens is 7. The van der Waals surface area contributed by atoms with Crippen LogP contribution < -0.4 is 5.73 Å². The summed E-state index contributed by atoms with van der Waals surface area (Å²) < 4.78 is 13.0. The molecule has 1 saturated carbocycles. The van der Waals surface area contributed by atoms with Crippen molar-refractivity contribution < 1.29 is 19.2 Å². The van der Waals surface area contributed by atoms with Gasteiger partial charge in [0.2, 0.25) is 0 Å². The highest BCUT2D eigenvalue weighted by atomic mass is 16.5. The fourth-order valence-electron chi connectivity index (χ4n) is 3.98. The Labute approximate surface area is 206 Å². The van der Waals surface area contributed by atoms with Gasteiger partial charge in [-0.2, -0.15) is 5.10 Å². The number of aliphatic carboxylic acids is 1. The Hall–Kier alpha value is -3.93. The molecule has 1 aliphatic rings. The Bertz CT molecular complexity index is 1400. The molecule has 0 amide bonds. The summed E-state index contributed by atoms with van der Waals surface area (Å²) in [5, 5.41) is 18.6. The van der Waals surface area contributed by atoms with E-state index in [2.05, 4.69) is 25.1 Å². The van der Waals surface area contributed by atoms with Crippen molar-refractivity contribution in [2.24, 2.45) is 0 Å². The van der Waals surface area contributed by atoms with Crippen LogP contribution in [0.4, 0.5) is 5.82 Å². The van der Waals surface area contributed by atoms with Crippen molar-refractivity contribution >= 4 is 22.8 Å². The van der Waals surface area contributed by atoms with Crippen molar-refractivity contribution in [3.05, 3.63) is 30.0 Å². The number of hydrogen-bond donors (Lipinski definition) is 2. The molecule has 4 heterocycles. The molecule has 12 heteroatoms. The van der Waals surface area contributed by atoms with Gasteiger partial charge in [-0.05, 0) is 45.6 Å². The van der Waals surface area contributed by atoms with Crippen molar-refractivity contribution in [1.82, 2.24) is 34.9 Å². The maximum atomic E-state index is 10.6. The lowest BCUT2D eigenvalue weighted by molar-refractivity contribution is -0.138. The summed E-state index contributed by atoms with van der Waals surface area (Å²) in [4.78, 5) is 28.4. The minimum absolute atomic E-state index is 0.0230. The summed E-state index contributed by atoms with van der Waals surface area (Å²) in [6, 6.07) is 0. The van der Waals surface area contributed by atoms with Crippen LogP contribution in [0.3, 0.4) is 0 Å². The standard InChI is InChI=1S/C24H28N8O4/c1-24(2,3)32-23-17(21(25)28-12-29-23)18(30-32)19-16(20(36-31-19)14-4-5-14)22-26-10-13(11-27-22)6-8-35-9-7-15(33)34/h10-12,14H,4-9H2,1-3H3,(H,33,34)(H2,25,28,29). The first kappa shape index (κ1) is 23.8. The summed E-state index contributed by atoms with van der Waals surface area (Å²) >= 11 is 0. The van der Waals surface area contributed by atoms with E-state index in [9.17, 15) is 4.79 Å². The zero-order valence-corrected chi connectivity index (χ0v) is 20.4. The zero-order valence-electron chi connectivity index (χ0n) is 20.4. The van der Waals surface area contributed by atoms with Gasteiger partial charge in [-0.1, -0.05) is 5.16 Å². The molecule has 3 N–H and O–H groups in total. The molecule has 0 aromatic carbocycles. The summed E-state index contributed by atoms with van der Waals surface area (Å²) in [6.45, 7) is 6.67. The van der Waals surface area contributed by atoms with Gasteiger partial charge in [-0.25, -0.2) is 24.6 Å². The predicted octanol–water partition coefficient (Wildman–Crippen LogP) is 3.19. The third-order valence-corrected chi connectivity index (χ3v) is 5.94. The maximum absolute atomic E-state index is 10.6. The molecule has 0 aliphatic heterocycles. The van der Waals surface area contributed by atoms with E-state index in [1.807, 2.05) is 25.5 Å². The van der Waals surface area contributed by atoms with Gasteiger partial charge >= 0.3 is 5.97 Å². The third kappa shape index (κ3) is 4.63. The van der Waals surface area contributed by atoms with Crippen LogP contribution in [0, 0.1) is 0 Å². The number of anilines is 1. The Balaban J connectivity index is 1.51. The fourth-order valence-corrected chi connectivity index (χ4v) is 3.98. The van der Waals surface area contributed by atoms with Crippen LogP contribution >= 0.6 is 0 Å². The van der Waals surface area contributed by atoms with E-state index in [-0.39, 0.29) is 24.5 Å². The Morgan fingerprint density at radius 1 is 1.17 bits per heavy atom. The van der Waals surface area contributed by atoms with E-state index >= 15 is 0 Å². The van der Waals surface area contributed by atoms with Crippen molar-refractivity contribution in [3.63, 3.8) is 0 Å². The number of hydrogen-bond acceptors (Lipinski definition) is 10. The zero-order chi connectivity index (χ0) is 25.4. The summed E-state index contributed by atoms with van der Waals surface area (Å²) in [5.41, 5.74) is 9.16. The third-order valence-electron chi connectivity index (χ3n) is 5.94. The second kappa shape index (κ2) is 9.26. The molecule has 0 spiro atoms. The summed E-state index contributed by atoms with van der Waals surface area (Å²) in [6.07, 6.45) is 7.47. The molecular formula is C24H28N8O4. The molecule has 1 aliphatic carbocycles. The second-order valence-corrected chi connectivity index (χ2v) is 9.85. The summed E-state index contributed by atoms with van der Waals surface area (Å²) in [7, 11) is 0. The first-order valence-electron chi connectivity index (χ1n) is 11.8. The van der Waals surface area contributed by atoms with Crippen molar-refractivity contribution in [2.45, 2.75) is 57.9 Å². The molecule has 5 rings (SSSR count). The maximum Gasteiger partial charge on any atom is 0.305 e. The van der Waals surface area contributed by atoms with Crippen molar-refractivity contribution in [2.75, 3.05) is 18.9 Å². The van der Waals surface area contributed by atoms with Gasteiger partial charge in [-0.15, -0.1) is 0 Å². The SMILES string of the molecule is CC(C)(C)n1nc(-c2noc(C3CC3)c2-c2ncc(CCOCCC(=O)O)cn2)c2c(N)ncnc21. The number of ether oxygens (including phenoxy) is 1. The molecule has 36 heavy (non-hydrogen) atoms. The number of nitrogen functional groups attached to an aromatic ring is 1. The average Bonchev–Trinajstić information content (AvgIpc) is 3.44. The lowest BCUT2D eigenvalue weighted by atomic mass is 10.1. The van der Waals surface area contributed by atoms with Gasteiger partial charge in [-0.3, -0.25) is 4.79 Å². The monoisotopic (exact) mass is 492 g/mol. The summed E-state index contributed by atoms with van der Waals surface area (Å²) in [5.74, 6) is 0.914. The highest BCUT2D eigenvalue weighted by molar-refractivity contribution is 6.00. The van der Waals surface area contributed by atoms with Gasteiger partial charge in [0.25, 0.3) is 0 Å². The fraction of sp³-hybridized carbons (Fsp3) is 0.458. The molecule has 4 aromatic rings. The van der Waals surface area contributed by atoms with E-state index in [1.165, 1.54) is 6.33 Å². The van der Waals surface area contributed by atoms with E-state index in [1.54, 1.807) is 12.4 Å². The average molecular weight is 493 g/mol. The van der Waals surface area contributed by atoms with E-state index in [4.69, 9.17) is 25.2 Å². The van der Waals surface area contributed by atoms with Crippen LogP contribution in [0.15, 0.2) is 23.2 Å². The van der Waals surface area contributed by atoms with Gasteiger partial charge in [0.15, 0.2) is 17.2 Å². The van der Waals surface area contributed by atoms with E-state index < -0.39 is 5.97 Å². The van der Waals surface area contributed by atoms with Gasteiger partial charge < -0.3 is 20.1 Å². The number of nitrogens with two attached hydrogens (primary N) is 1. The quantitative estimate of drug-likeness (QED) is 0.329. The molecule has 12 nitrogen and oxygen atoms in total. The molecule has 0 bridgehead atoms. The molecule has 4 aromatic heterocycles. The molecule has 0 unspecified atom stereocenters. The smallest absolute Gasteiger partial charge is 0.305 e. The Morgan fingerprint density at radius 2 is 1.92 bits per heavy atom. The normalized spacial score (nSPS) is 14.0. The largest absolute Gasteiger partial charge is 0.481 e. The van der Waals surface area contributed by atoms with E-state index in [0.29, 0.717) is 52.7 Å². The number of carbonyl (C=O) groups is 1. The van der Waals surface area contributed by atoms with E-state index in [0.717, 1.165) is 24.2 Å². The molecule has 0 atom stereocenters. The van der Waals surface area contributed by atoms with Gasteiger partial charge in [0.05, 0.1) is 36.1 Å². The minimum Gasteiger partial charge on any atom is -0.481 e. The second-order valence-electron chi connectivity index (χ2n) is 9.85. The molecule has 1 fully saturated rings. The topological polar surface area (TPSA) is 168 Å². The lowest BCUT2D eigenvalue weighted by Crippen LogP contribution is -2.23. The Morgan fingerprint density at radius 3 is 2.58 bits per heavy atom. The Kier molecular flexibility index (Phi) is 6.12. The first-order valence-corrected chi connectivity index (χ1v) is 11.8. The van der Waals surface area contributed by atoms with Crippen LogP contribution in [0.2, 0.25) is 0 Å². The van der Waals surface area contributed by atoms with Gasteiger partial charge in [0, 0.05) is 18.3 Å². The minimum atomic E-state index is -0.882. The number of carboxylic acids is 1. The molecule has 188 valence electrons. The molecule has 0 radical (unpaired) electrons. The molecule has 0 saturated heterocycles. The van der Waals surface area contributed by atoms with Gasteiger partial charge in [0.1, 0.15) is 23.5 Å². The van der Waals surface area contributed by atoms with Crippen LogP contribution in [0.1, 0.15) is 57.3 Å². The highest BCUT2D eigenvalue weighted by Gasteiger charge is 2.36.